The molecular formula is C25H25FN6O7S. The quantitative estimate of drug-likeness (QED) is 0.128. The summed E-state index contributed by atoms with van der Waals surface area (Å²) in [6.45, 7) is 1.08. The van der Waals surface area contributed by atoms with Gasteiger partial charge in [-0.25, -0.2) is 14.0 Å². The van der Waals surface area contributed by atoms with E-state index in [4.69, 9.17) is 30.5 Å². The number of aromatic carboxylic acids is 1. The van der Waals surface area contributed by atoms with Gasteiger partial charge in [-0.05, 0) is 47.3 Å². The van der Waals surface area contributed by atoms with Crippen LogP contribution in [0.25, 0.3) is 5.69 Å². The van der Waals surface area contributed by atoms with E-state index in [1.54, 1.807) is 23.6 Å². The molecular weight excluding hydrogens is 547 g/mol. The molecule has 0 aliphatic rings. The molecule has 0 radical (unpaired) electrons. The molecule has 2 aromatic heterocycles. The van der Waals surface area contributed by atoms with Crippen molar-refractivity contribution >= 4 is 34.8 Å². The van der Waals surface area contributed by atoms with Crippen LogP contribution >= 0.6 is 11.3 Å². The van der Waals surface area contributed by atoms with Crippen LogP contribution in [0, 0.1) is 11.2 Å². The first-order valence-electron chi connectivity index (χ1n) is 11.3. The van der Waals surface area contributed by atoms with Gasteiger partial charge in [0, 0.05) is 12.6 Å². The standard InChI is InChI=1S/C23H21FN6O5S.C2H4O2/c1-34-16-6-3-11(9-17(16)35-2)18(27-12-4-5-13(20(25)26)14(24)10-12)21-28-23(33)30(29-21)15-7-8-36-19(15)22(31)32;1-2(3)4/h3-10,18,27H,1-2H3,(H3,25,26)(H,31,32)(H,28,29,33);1H3,(H,3,4)/t18-;/m0./s1. The molecule has 1 atom stereocenters. The Hall–Kier alpha value is -5.18. The lowest BCUT2D eigenvalue weighted by atomic mass is 10.0. The van der Waals surface area contributed by atoms with Crippen LogP contribution < -0.4 is 26.2 Å². The van der Waals surface area contributed by atoms with Crippen LogP contribution in [0.2, 0.25) is 0 Å². The molecule has 0 saturated heterocycles. The Morgan fingerprint density at radius 3 is 2.40 bits per heavy atom. The molecule has 0 aliphatic heterocycles. The summed E-state index contributed by atoms with van der Waals surface area (Å²) < 4.78 is 26.2. The number of nitrogens with zero attached hydrogens (tertiary/aromatic N) is 2. The molecule has 15 heteroatoms. The number of aromatic amines is 1. The van der Waals surface area contributed by atoms with Crippen LogP contribution in [0.15, 0.2) is 52.6 Å². The molecule has 2 heterocycles. The normalized spacial score (nSPS) is 11.1. The number of ether oxygens (including phenoxy) is 2. The van der Waals surface area contributed by atoms with Gasteiger partial charge in [0.15, 0.2) is 17.3 Å². The number of hydrogen-bond donors (Lipinski definition) is 6. The highest BCUT2D eigenvalue weighted by Gasteiger charge is 2.24. The van der Waals surface area contributed by atoms with E-state index in [9.17, 15) is 19.1 Å². The zero-order valence-electron chi connectivity index (χ0n) is 21.4. The highest BCUT2D eigenvalue weighted by atomic mass is 32.1. The van der Waals surface area contributed by atoms with Crippen molar-refractivity contribution in [3.8, 4) is 17.2 Å². The third-order valence-electron chi connectivity index (χ3n) is 5.29. The molecule has 13 nitrogen and oxygen atoms in total. The summed E-state index contributed by atoms with van der Waals surface area (Å²) in [5.74, 6) is -2.13. The number of anilines is 1. The van der Waals surface area contributed by atoms with Crippen molar-refractivity contribution in [3.63, 3.8) is 0 Å². The fraction of sp³-hybridized carbons (Fsp3) is 0.160. The lowest BCUT2D eigenvalue weighted by molar-refractivity contribution is -0.134. The monoisotopic (exact) mass is 572 g/mol. The zero-order valence-corrected chi connectivity index (χ0v) is 22.2. The first kappa shape index (κ1) is 29.4. The maximum atomic E-state index is 14.5. The van der Waals surface area contributed by atoms with Gasteiger partial charge in [-0.1, -0.05) is 6.07 Å². The number of H-pyrrole nitrogens is 1. The Morgan fingerprint density at radius 2 is 1.82 bits per heavy atom. The molecule has 0 saturated carbocycles. The number of aliphatic carboxylic acids is 1. The minimum absolute atomic E-state index is 0.0485. The van der Waals surface area contributed by atoms with Gasteiger partial charge in [0.2, 0.25) is 0 Å². The van der Waals surface area contributed by atoms with Crippen LogP contribution in [-0.4, -0.2) is 57.0 Å². The van der Waals surface area contributed by atoms with Gasteiger partial charge in [0.05, 0.1) is 25.5 Å². The van der Waals surface area contributed by atoms with E-state index in [-0.39, 0.29) is 22.0 Å². The smallest absolute Gasteiger partial charge is 0.348 e. The molecule has 7 N–H and O–H groups in total. The number of rotatable bonds is 9. The summed E-state index contributed by atoms with van der Waals surface area (Å²) >= 11 is 0.964. The van der Waals surface area contributed by atoms with E-state index in [1.165, 1.54) is 38.5 Å². The average Bonchev–Trinajstić information content (AvgIpc) is 3.53. The Bertz CT molecular complexity index is 1610. The van der Waals surface area contributed by atoms with E-state index in [1.807, 2.05) is 0 Å². The second-order valence-electron chi connectivity index (χ2n) is 7.99. The first-order chi connectivity index (χ1) is 19.0. The zero-order chi connectivity index (χ0) is 29.6. The summed E-state index contributed by atoms with van der Waals surface area (Å²) in [7, 11) is 2.97. The predicted molar refractivity (Wildman–Crippen MR) is 145 cm³/mol. The van der Waals surface area contributed by atoms with Crippen molar-refractivity contribution in [2.24, 2.45) is 5.73 Å². The number of amidine groups is 1. The van der Waals surface area contributed by atoms with Crippen LogP contribution in [0.1, 0.15) is 39.6 Å². The topological polar surface area (TPSA) is 206 Å². The summed E-state index contributed by atoms with van der Waals surface area (Å²) in [6, 6.07) is 9.76. The van der Waals surface area contributed by atoms with E-state index in [2.05, 4.69) is 15.4 Å². The molecule has 40 heavy (non-hydrogen) atoms. The first-order valence-corrected chi connectivity index (χ1v) is 12.2. The van der Waals surface area contributed by atoms with Gasteiger partial charge >= 0.3 is 11.7 Å². The van der Waals surface area contributed by atoms with Gasteiger partial charge in [-0.3, -0.25) is 15.2 Å². The summed E-state index contributed by atoms with van der Waals surface area (Å²) in [5.41, 5.74) is 5.70. The predicted octanol–water partition coefficient (Wildman–Crippen LogP) is 3.05. The second-order valence-corrected chi connectivity index (χ2v) is 8.90. The average molecular weight is 573 g/mol. The number of nitrogens with one attached hydrogen (secondary N) is 3. The molecule has 0 aliphatic carbocycles. The summed E-state index contributed by atoms with van der Waals surface area (Å²) in [6.07, 6.45) is 0. The number of carbonyl (C=O) groups is 2. The molecule has 0 bridgehead atoms. The number of halogens is 1. The molecule has 2 aromatic carbocycles. The van der Waals surface area contributed by atoms with Crippen molar-refractivity contribution < 1.29 is 33.7 Å². The molecule has 0 fully saturated rings. The van der Waals surface area contributed by atoms with Crippen molar-refractivity contribution in [2.45, 2.75) is 13.0 Å². The van der Waals surface area contributed by atoms with Crippen LogP contribution in [0.5, 0.6) is 11.5 Å². The number of methoxy groups -OCH3 is 2. The third-order valence-corrected chi connectivity index (χ3v) is 6.18. The van der Waals surface area contributed by atoms with E-state index < -0.39 is 35.3 Å². The minimum atomic E-state index is -1.19. The second kappa shape index (κ2) is 12.6. The van der Waals surface area contributed by atoms with Crippen LogP contribution in [-0.2, 0) is 4.79 Å². The van der Waals surface area contributed by atoms with Crippen molar-refractivity contribution in [3.05, 3.63) is 86.0 Å². The van der Waals surface area contributed by atoms with Gasteiger partial charge < -0.3 is 30.7 Å². The SMILES string of the molecule is CC(=O)O.COc1ccc([C@H](Nc2ccc(C(=N)N)c(F)c2)c2nn(-c3ccsc3C(=O)O)c(=O)[nH]2)cc1OC. The Morgan fingerprint density at radius 1 is 1.15 bits per heavy atom. The van der Waals surface area contributed by atoms with Crippen molar-refractivity contribution in [2.75, 3.05) is 19.5 Å². The molecule has 0 amide bonds. The molecule has 210 valence electrons. The number of carboxylic acids is 2. The highest BCUT2D eigenvalue weighted by Crippen LogP contribution is 2.33. The maximum Gasteiger partial charge on any atom is 0.348 e. The van der Waals surface area contributed by atoms with Gasteiger partial charge in [0.1, 0.15) is 22.6 Å². The molecule has 4 aromatic rings. The lowest BCUT2D eigenvalue weighted by Crippen LogP contribution is -2.17. The van der Waals surface area contributed by atoms with Gasteiger partial charge in [-0.2, -0.15) is 4.68 Å². The fourth-order valence-corrected chi connectivity index (χ4v) is 4.30. The minimum Gasteiger partial charge on any atom is -0.493 e. The van der Waals surface area contributed by atoms with Crippen molar-refractivity contribution in [1.82, 2.24) is 14.8 Å². The maximum absolute atomic E-state index is 14.5. The van der Waals surface area contributed by atoms with E-state index >= 15 is 0 Å². The van der Waals surface area contributed by atoms with E-state index in [0.29, 0.717) is 22.7 Å². The third kappa shape index (κ3) is 6.63. The number of benzene rings is 2. The Balaban J connectivity index is 0.00000103. The molecule has 0 unspecified atom stereocenters. The largest absolute Gasteiger partial charge is 0.493 e. The van der Waals surface area contributed by atoms with Crippen molar-refractivity contribution in [1.29, 1.82) is 5.41 Å². The fourth-order valence-electron chi connectivity index (χ4n) is 3.60. The highest BCUT2D eigenvalue weighted by molar-refractivity contribution is 7.12. The summed E-state index contributed by atoms with van der Waals surface area (Å²) in [5, 5.41) is 33.4. The summed E-state index contributed by atoms with van der Waals surface area (Å²) in [4.78, 5) is 36.0. The Labute approximate surface area is 230 Å². The van der Waals surface area contributed by atoms with Crippen LogP contribution in [0.4, 0.5) is 10.1 Å². The van der Waals surface area contributed by atoms with Gasteiger partial charge in [-0.15, -0.1) is 16.4 Å². The lowest BCUT2D eigenvalue weighted by Gasteiger charge is -2.20. The molecule has 4 rings (SSSR count). The Kier molecular flexibility index (Phi) is 9.24. The number of nitrogen functional groups attached to an aromatic ring is 1. The molecule has 0 spiro atoms. The van der Waals surface area contributed by atoms with Crippen LogP contribution in [0.3, 0.4) is 0 Å². The number of hydrogen-bond acceptors (Lipinski definition) is 9. The number of carboxylic acid groups (broad SMARTS) is 2. The number of aromatic nitrogens is 3. The number of thiophene rings is 1. The van der Waals surface area contributed by atoms with E-state index in [0.717, 1.165) is 22.9 Å². The number of nitrogens with two attached hydrogens (primary N) is 1. The van der Waals surface area contributed by atoms with Gasteiger partial charge in [0.25, 0.3) is 5.97 Å².